The minimum Gasteiger partial charge on any atom is -0.351 e. The molecule has 0 aromatic heterocycles. The molecule has 0 saturated carbocycles. The highest BCUT2D eigenvalue weighted by Crippen LogP contribution is 2.44. The lowest BCUT2D eigenvalue weighted by molar-refractivity contribution is 0.223. The summed E-state index contributed by atoms with van der Waals surface area (Å²) in [7, 11) is 2.14. The topological polar surface area (TPSA) is 49.6 Å². The van der Waals surface area contributed by atoms with Crippen molar-refractivity contribution in [2.45, 2.75) is 25.3 Å². The molecule has 2 atom stereocenters. The standard InChI is InChI=1S/C14H19N3O/c1-9-3-4-12-10(7-9)11-8-16(2)6-5-13(11)17(12)14(15)18/h3-4,7,11,13H,5-6,8H2,1-2H3,(H2,15,18)/t11-,13-/m0/s1. The van der Waals surface area contributed by atoms with Crippen molar-refractivity contribution in [3.63, 3.8) is 0 Å². The monoisotopic (exact) mass is 245 g/mol. The number of piperidine rings is 1. The highest BCUT2D eigenvalue weighted by molar-refractivity contribution is 5.94. The summed E-state index contributed by atoms with van der Waals surface area (Å²) in [6.07, 6.45) is 0.998. The minimum atomic E-state index is -0.322. The number of hydrogen-bond donors (Lipinski definition) is 1. The van der Waals surface area contributed by atoms with Crippen LogP contribution >= 0.6 is 0 Å². The molecule has 18 heavy (non-hydrogen) atoms. The summed E-state index contributed by atoms with van der Waals surface area (Å²) >= 11 is 0. The zero-order valence-corrected chi connectivity index (χ0v) is 10.9. The molecule has 2 aliphatic rings. The van der Waals surface area contributed by atoms with Gasteiger partial charge in [-0.15, -0.1) is 0 Å². The quantitative estimate of drug-likeness (QED) is 0.756. The lowest BCUT2D eigenvalue weighted by atomic mass is 9.89. The van der Waals surface area contributed by atoms with Crippen molar-refractivity contribution < 1.29 is 4.79 Å². The van der Waals surface area contributed by atoms with Gasteiger partial charge in [0.2, 0.25) is 0 Å². The molecule has 1 fully saturated rings. The summed E-state index contributed by atoms with van der Waals surface area (Å²) in [6, 6.07) is 6.21. The molecule has 3 rings (SSSR count). The first-order valence-corrected chi connectivity index (χ1v) is 6.45. The maximum atomic E-state index is 11.7. The summed E-state index contributed by atoms with van der Waals surface area (Å²) in [4.78, 5) is 15.8. The number of carbonyl (C=O) groups is 1. The Morgan fingerprint density at radius 3 is 2.94 bits per heavy atom. The Balaban J connectivity index is 2.09. The Labute approximate surface area is 107 Å². The van der Waals surface area contributed by atoms with Crippen LogP contribution in [-0.4, -0.2) is 37.1 Å². The number of urea groups is 1. The van der Waals surface area contributed by atoms with Gasteiger partial charge in [0.25, 0.3) is 0 Å². The van der Waals surface area contributed by atoms with Crippen molar-refractivity contribution >= 4 is 11.7 Å². The first kappa shape index (κ1) is 11.5. The molecule has 96 valence electrons. The van der Waals surface area contributed by atoms with E-state index in [1.807, 2.05) is 6.07 Å². The van der Waals surface area contributed by atoms with E-state index in [0.29, 0.717) is 5.92 Å². The van der Waals surface area contributed by atoms with Crippen LogP contribution in [0.2, 0.25) is 0 Å². The predicted molar refractivity (Wildman–Crippen MR) is 71.9 cm³/mol. The summed E-state index contributed by atoms with van der Waals surface area (Å²) in [6.45, 7) is 4.12. The number of nitrogens with zero attached hydrogens (tertiary/aromatic N) is 2. The zero-order chi connectivity index (χ0) is 12.9. The highest BCUT2D eigenvalue weighted by Gasteiger charge is 2.43. The Morgan fingerprint density at radius 1 is 1.44 bits per heavy atom. The normalized spacial score (nSPS) is 26.9. The van der Waals surface area contributed by atoms with Crippen LogP contribution < -0.4 is 10.6 Å². The first-order chi connectivity index (χ1) is 8.58. The summed E-state index contributed by atoms with van der Waals surface area (Å²) < 4.78 is 0. The number of hydrogen-bond acceptors (Lipinski definition) is 2. The van der Waals surface area contributed by atoms with Crippen LogP contribution in [0.15, 0.2) is 18.2 Å². The van der Waals surface area contributed by atoms with Crippen LogP contribution in [0, 0.1) is 6.92 Å². The van der Waals surface area contributed by atoms with Gasteiger partial charge in [-0.25, -0.2) is 4.79 Å². The van der Waals surface area contributed by atoms with Gasteiger partial charge >= 0.3 is 6.03 Å². The molecule has 0 unspecified atom stereocenters. The van der Waals surface area contributed by atoms with Crippen molar-refractivity contribution in [2.24, 2.45) is 5.73 Å². The molecule has 2 heterocycles. The van der Waals surface area contributed by atoms with Crippen molar-refractivity contribution in [3.05, 3.63) is 29.3 Å². The first-order valence-electron chi connectivity index (χ1n) is 6.45. The number of primary amides is 1. The number of likely N-dealkylation sites (tertiary alicyclic amines) is 1. The van der Waals surface area contributed by atoms with Gasteiger partial charge in [-0.3, -0.25) is 4.90 Å². The van der Waals surface area contributed by atoms with Crippen LogP contribution in [0.3, 0.4) is 0 Å². The molecule has 1 aromatic carbocycles. The number of amides is 2. The minimum absolute atomic E-state index is 0.246. The smallest absolute Gasteiger partial charge is 0.319 e. The predicted octanol–water partition coefficient (Wildman–Crippen LogP) is 1.68. The Bertz CT molecular complexity index is 500. The van der Waals surface area contributed by atoms with Crippen LogP contribution in [0.4, 0.5) is 10.5 Å². The third-order valence-electron chi connectivity index (χ3n) is 4.19. The van der Waals surface area contributed by atoms with E-state index in [9.17, 15) is 4.79 Å². The number of anilines is 1. The molecular formula is C14H19N3O. The van der Waals surface area contributed by atoms with E-state index < -0.39 is 0 Å². The van der Waals surface area contributed by atoms with Crippen molar-refractivity contribution in [2.75, 3.05) is 25.0 Å². The largest absolute Gasteiger partial charge is 0.351 e. The molecule has 0 radical (unpaired) electrons. The third kappa shape index (κ3) is 1.60. The van der Waals surface area contributed by atoms with E-state index in [4.69, 9.17) is 5.73 Å². The fraction of sp³-hybridized carbons (Fsp3) is 0.500. The zero-order valence-electron chi connectivity index (χ0n) is 10.9. The average Bonchev–Trinajstić information content (AvgIpc) is 2.62. The van der Waals surface area contributed by atoms with E-state index in [0.717, 1.165) is 25.2 Å². The molecule has 0 bridgehead atoms. The molecule has 2 N–H and O–H groups in total. The van der Waals surface area contributed by atoms with Crippen molar-refractivity contribution in [1.29, 1.82) is 0 Å². The van der Waals surface area contributed by atoms with Gasteiger partial charge in [-0.1, -0.05) is 17.7 Å². The molecular weight excluding hydrogens is 226 g/mol. The lowest BCUT2D eigenvalue weighted by Gasteiger charge is -2.35. The highest BCUT2D eigenvalue weighted by atomic mass is 16.2. The number of nitrogens with two attached hydrogens (primary N) is 1. The Kier molecular flexibility index (Phi) is 2.55. The van der Waals surface area contributed by atoms with Gasteiger partial charge < -0.3 is 10.6 Å². The molecule has 2 amide bonds. The van der Waals surface area contributed by atoms with Gasteiger partial charge in [0, 0.05) is 24.2 Å². The molecule has 0 spiro atoms. The van der Waals surface area contributed by atoms with E-state index >= 15 is 0 Å². The van der Waals surface area contributed by atoms with Gasteiger partial charge in [-0.05, 0) is 38.6 Å². The molecule has 4 nitrogen and oxygen atoms in total. The van der Waals surface area contributed by atoms with Gasteiger partial charge in [0.15, 0.2) is 0 Å². The summed E-state index contributed by atoms with van der Waals surface area (Å²) in [5.41, 5.74) is 9.10. The molecule has 1 aromatic rings. The van der Waals surface area contributed by atoms with Crippen molar-refractivity contribution in [1.82, 2.24) is 4.90 Å². The van der Waals surface area contributed by atoms with Crippen LogP contribution in [0.1, 0.15) is 23.5 Å². The molecule has 4 heteroatoms. The fourth-order valence-electron chi connectivity index (χ4n) is 3.37. The number of aryl methyl sites for hydroxylation is 1. The maximum absolute atomic E-state index is 11.7. The summed E-state index contributed by atoms with van der Waals surface area (Å²) in [5.74, 6) is 0.408. The van der Waals surface area contributed by atoms with Crippen molar-refractivity contribution in [3.8, 4) is 0 Å². The number of benzene rings is 1. The average molecular weight is 245 g/mol. The molecule has 0 aliphatic carbocycles. The SMILES string of the molecule is Cc1ccc2c(c1)[C@@H]1CN(C)CC[C@@H]1N2C(N)=O. The number of carbonyl (C=O) groups excluding carboxylic acids is 1. The third-order valence-corrected chi connectivity index (χ3v) is 4.19. The number of likely N-dealkylation sites (N-methyl/N-ethyl adjacent to an activating group) is 1. The second-order valence-corrected chi connectivity index (χ2v) is 5.50. The van der Waals surface area contributed by atoms with E-state index in [-0.39, 0.29) is 12.1 Å². The van der Waals surface area contributed by atoms with Crippen LogP contribution in [0.5, 0.6) is 0 Å². The van der Waals surface area contributed by atoms with Crippen LogP contribution in [-0.2, 0) is 0 Å². The molecule has 1 saturated heterocycles. The second-order valence-electron chi connectivity index (χ2n) is 5.50. The Hall–Kier alpha value is -1.55. The van der Waals surface area contributed by atoms with E-state index in [2.05, 4.69) is 31.0 Å². The Morgan fingerprint density at radius 2 is 2.22 bits per heavy atom. The number of fused-ring (bicyclic) bond motifs is 3. The van der Waals surface area contributed by atoms with E-state index in [1.165, 1.54) is 11.1 Å². The fourth-order valence-corrected chi connectivity index (χ4v) is 3.37. The summed E-state index contributed by atoms with van der Waals surface area (Å²) in [5, 5.41) is 0. The molecule has 2 aliphatic heterocycles. The second kappa shape index (κ2) is 3.99. The van der Waals surface area contributed by atoms with Gasteiger partial charge in [-0.2, -0.15) is 0 Å². The van der Waals surface area contributed by atoms with Gasteiger partial charge in [0.1, 0.15) is 0 Å². The van der Waals surface area contributed by atoms with Crippen LogP contribution in [0.25, 0.3) is 0 Å². The lowest BCUT2D eigenvalue weighted by Crippen LogP contribution is -2.48. The van der Waals surface area contributed by atoms with Gasteiger partial charge in [0.05, 0.1) is 0 Å². The maximum Gasteiger partial charge on any atom is 0.319 e. The van der Waals surface area contributed by atoms with E-state index in [1.54, 1.807) is 4.90 Å². The number of rotatable bonds is 0.